The van der Waals surface area contributed by atoms with Gasteiger partial charge in [0.15, 0.2) is 5.65 Å². The van der Waals surface area contributed by atoms with Crippen LogP contribution >= 0.6 is 0 Å². The molecule has 0 atom stereocenters. The summed E-state index contributed by atoms with van der Waals surface area (Å²) in [5.41, 5.74) is 0.921. The van der Waals surface area contributed by atoms with Gasteiger partial charge in [-0.05, 0) is 5.56 Å². The van der Waals surface area contributed by atoms with E-state index in [1.165, 1.54) is 10.7 Å². The summed E-state index contributed by atoms with van der Waals surface area (Å²) in [6, 6.07) is 9.16. The lowest BCUT2D eigenvalue weighted by molar-refractivity contribution is 0.0700. The molecule has 0 aliphatic heterocycles. The number of benzene rings is 1. The molecule has 2 aromatic heterocycles. The number of nitrogens with one attached hydrogen (secondary N) is 2. The topological polar surface area (TPSA) is 109 Å². The average Bonchev–Trinajstić information content (AvgIpc) is 3.06. The highest BCUT2D eigenvalue weighted by atomic mass is 16.5. The molecule has 0 bridgehead atoms. The van der Waals surface area contributed by atoms with Crippen LogP contribution in [0.2, 0.25) is 0 Å². The van der Waals surface area contributed by atoms with Crippen molar-refractivity contribution in [1.29, 1.82) is 0 Å². The van der Waals surface area contributed by atoms with Crippen LogP contribution in [0, 0.1) is 0 Å². The molecule has 3 aromatic rings. The molecule has 1 aromatic carbocycles. The molecule has 0 saturated heterocycles. The number of amides is 1. The maximum absolute atomic E-state index is 11.8. The molecule has 0 fully saturated rings. The van der Waals surface area contributed by atoms with Gasteiger partial charge in [-0.2, -0.15) is 0 Å². The summed E-state index contributed by atoms with van der Waals surface area (Å²) in [6.07, 6.45) is 2.24. The number of fused-ring (bicyclic) bond motifs is 1. The maximum Gasteiger partial charge on any atom is 0.413 e. The van der Waals surface area contributed by atoms with E-state index in [-0.39, 0.29) is 23.6 Å². The Morgan fingerprint density at radius 2 is 2.09 bits per heavy atom. The number of carbonyl (C=O) groups excluding carboxylic acids is 1. The highest BCUT2D eigenvalue weighted by Gasteiger charge is 2.21. The molecule has 3 N–H and O–H groups in total. The number of aromatic amines is 1. The Morgan fingerprint density at radius 1 is 1.32 bits per heavy atom. The summed E-state index contributed by atoms with van der Waals surface area (Å²) in [6.45, 7) is 0.0902. The minimum absolute atomic E-state index is 0.0219. The van der Waals surface area contributed by atoms with E-state index >= 15 is 0 Å². The fourth-order valence-corrected chi connectivity index (χ4v) is 2.02. The lowest BCUT2D eigenvalue weighted by Crippen LogP contribution is -2.16. The Labute approximate surface area is 124 Å². The third-order valence-corrected chi connectivity index (χ3v) is 3.00. The van der Waals surface area contributed by atoms with Crippen LogP contribution < -0.4 is 5.32 Å². The Kier molecular flexibility index (Phi) is 3.48. The predicted molar refractivity (Wildman–Crippen MR) is 76.8 cm³/mol. The molecule has 0 aliphatic rings. The van der Waals surface area contributed by atoms with Gasteiger partial charge in [0.1, 0.15) is 18.0 Å². The van der Waals surface area contributed by atoms with Crippen molar-refractivity contribution in [3.05, 3.63) is 53.9 Å². The zero-order chi connectivity index (χ0) is 15.5. The number of imidazole rings is 1. The van der Waals surface area contributed by atoms with Crippen LogP contribution in [0.25, 0.3) is 5.65 Å². The van der Waals surface area contributed by atoms with E-state index in [4.69, 9.17) is 4.74 Å². The lowest BCUT2D eigenvalue weighted by Gasteiger charge is -2.06. The minimum Gasteiger partial charge on any atom is -0.477 e. The van der Waals surface area contributed by atoms with Crippen molar-refractivity contribution in [1.82, 2.24) is 14.6 Å². The summed E-state index contributed by atoms with van der Waals surface area (Å²) in [5.74, 6) is -1.18. The molecule has 0 radical (unpaired) electrons. The number of hydrogen-bond acceptors (Lipinski definition) is 4. The third kappa shape index (κ3) is 2.62. The molecule has 3 rings (SSSR count). The van der Waals surface area contributed by atoms with E-state index in [1.54, 1.807) is 6.20 Å². The molecule has 0 saturated carbocycles. The summed E-state index contributed by atoms with van der Waals surface area (Å²) in [5, 5.41) is 14.3. The van der Waals surface area contributed by atoms with Crippen molar-refractivity contribution < 1.29 is 19.4 Å². The Morgan fingerprint density at radius 3 is 2.82 bits per heavy atom. The van der Waals surface area contributed by atoms with Crippen LogP contribution in [0.3, 0.4) is 0 Å². The van der Waals surface area contributed by atoms with Crippen molar-refractivity contribution in [3.63, 3.8) is 0 Å². The number of carbonyl (C=O) groups is 2. The van der Waals surface area contributed by atoms with Gasteiger partial charge in [0.25, 0.3) is 0 Å². The molecule has 0 spiro atoms. The molecule has 0 unspecified atom stereocenters. The van der Waals surface area contributed by atoms with E-state index in [1.807, 2.05) is 30.3 Å². The molecule has 22 heavy (non-hydrogen) atoms. The normalized spacial score (nSPS) is 10.5. The SMILES string of the molecule is O=C(Nc1[nH]n2ccnc2c1C(=O)O)OCc1ccccc1. The number of aromatic carboxylic acids is 1. The van der Waals surface area contributed by atoms with Crippen LogP contribution in [0.15, 0.2) is 42.7 Å². The summed E-state index contributed by atoms with van der Waals surface area (Å²) < 4.78 is 6.45. The number of nitrogens with zero attached hydrogens (tertiary/aromatic N) is 2. The van der Waals surface area contributed by atoms with Crippen LogP contribution in [0.1, 0.15) is 15.9 Å². The first-order valence-corrected chi connectivity index (χ1v) is 6.41. The number of carboxylic acid groups (broad SMARTS) is 1. The standard InChI is InChI=1S/C14H12N4O4/c19-13(20)10-11(17-18-7-6-15-12(10)18)16-14(21)22-8-9-4-2-1-3-5-9/h1-7,17H,8H2,(H,16,21)(H,19,20). The number of H-pyrrole nitrogens is 1. The number of anilines is 1. The van der Waals surface area contributed by atoms with Crippen molar-refractivity contribution in [2.75, 3.05) is 5.32 Å². The van der Waals surface area contributed by atoms with Crippen LogP contribution in [-0.2, 0) is 11.3 Å². The monoisotopic (exact) mass is 300 g/mol. The molecule has 2 heterocycles. The van der Waals surface area contributed by atoms with Gasteiger partial charge in [0.2, 0.25) is 0 Å². The van der Waals surface area contributed by atoms with Gasteiger partial charge in [-0.3, -0.25) is 10.4 Å². The highest BCUT2D eigenvalue weighted by Crippen LogP contribution is 2.19. The molecular weight excluding hydrogens is 288 g/mol. The quantitative estimate of drug-likeness (QED) is 0.683. The second-order valence-electron chi connectivity index (χ2n) is 4.47. The lowest BCUT2D eigenvalue weighted by atomic mass is 10.2. The zero-order valence-electron chi connectivity index (χ0n) is 11.3. The van der Waals surface area contributed by atoms with Gasteiger partial charge in [-0.25, -0.2) is 19.1 Å². The van der Waals surface area contributed by atoms with Gasteiger partial charge in [0.05, 0.1) is 0 Å². The number of ether oxygens (including phenoxy) is 1. The third-order valence-electron chi connectivity index (χ3n) is 3.00. The molecule has 8 nitrogen and oxygen atoms in total. The van der Waals surface area contributed by atoms with Crippen molar-refractivity contribution in [2.45, 2.75) is 6.61 Å². The van der Waals surface area contributed by atoms with Crippen molar-refractivity contribution in [2.24, 2.45) is 0 Å². The van der Waals surface area contributed by atoms with Crippen molar-refractivity contribution >= 4 is 23.5 Å². The summed E-state index contributed by atoms with van der Waals surface area (Å²) in [4.78, 5) is 27.0. The van der Waals surface area contributed by atoms with E-state index in [2.05, 4.69) is 15.4 Å². The predicted octanol–water partition coefficient (Wildman–Crippen LogP) is 2.11. The number of rotatable bonds is 4. The van der Waals surface area contributed by atoms with Gasteiger partial charge >= 0.3 is 12.1 Å². The fraction of sp³-hybridized carbons (Fsp3) is 0.0714. The van der Waals surface area contributed by atoms with Gasteiger partial charge in [-0.15, -0.1) is 0 Å². The van der Waals surface area contributed by atoms with Crippen LogP contribution in [0.5, 0.6) is 0 Å². The number of hydrogen-bond donors (Lipinski definition) is 3. The largest absolute Gasteiger partial charge is 0.477 e. The number of carboxylic acids is 1. The average molecular weight is 300 g/mol. The molecule has 1 amide bonds. The Balaban J connectivity index is 1.72. The smallest absolute Gasteiger partial charge is 0.413 e. The highest BCUT2D eigenvalue weighted by molar-refractivity contribution is 6.02. The summed E-state index contributed by atoms with van der Waals surface area (Å²) >= 11 is 0. The first kappa shape index (κ1) is 13.7. The Bertz CT molecular complexity index is 822. The minimum atomic E-state index is -1.20. The van der Waals surface area contributed by atoms with E-state index in [0.717, 1.165) is 5.56 Å². The van der Waals surface area contributed by atoms with Crippen LogP contribution in [0.4, 0.5) is 10.6 Å². The first-order chi connectivity index (χ1) is 10.6. The summed E-state index contributed by atoms with van der Waals surface area (Å²) in [7, 11) is 0. The van der Waals surface area contributed by atoms with Gasteiger partial charge in [0, 0.05) is 12.4 Å². The van der Waals surface area contributed by atoms with Crippen molar-refractivity contribution in [3.8, 4) is 0 Å². The second kappa shape index (κ2) is 5.60. The van der Waals surface area contributed by atoms with Gasteiger partial charge < -0.3 is 9.84 Å². The van der Waals surface area contributed by atoms with E-state index < -0.39 is 12.1 Å². The molecule has 112 valence electrons. The fourth-order valence-electron chi connectivity index (χ4n) is 2.02. The van der Waals surface area contributed by atoms with E-state index in [0.29, 0.717) is 0 Å². The molecular formula is C14H12N4O4. The number of aromatic nitrogens is 3. The Hall–Kier alpha value is -3.29. The second-order valence-corrected chi connectivity index (χ2v) is 4.47. The zero-order valence-corrected chi connectivity index (χ0v) is 11.3. The van der Waals surface area contributed by atoms with E-state index in [9.17, 15) is 14.7 Å². The molecule has 8 heteroatoms. The van der Waals surface area contributed by atoms with Crippen LogP contribution in [-0.4, -0.2) is 31.8 Å². The molecule has 0 aliphatic carbocycles. The maximum atomic E-state index is 11.8. The van der Waals surface area contributed by atoms with Gasteiger partial charge in [-0.1, -0.05) is 30.3 Å². The first-order valence-electron chi connectivity index (χ1n) is 6.41.